The van der Waals surface area contributed by atoms with Crippen molar-refractivity contribution in [2.24, 2.45) is 5.73 Å². The van der Waals surface area contributed by atoms with Gasteiger partial charge in [0.2, 0.25) is 0 Å². The number of hydrogen-bond donors (Lipinski definition) is 1. The van der Waals surface area contributed by atoms with Crippen LogP contribution in [-0.2, 0) is 19.4 Å². The molecule has 0 saturated heterocycles. The summed E-state index contributed by atoms with van der Waals surface area (Å²) in [7, 11) is 0. The summed E-state index contributed by atoms with van der Waals surface area (Å²) in [5.74, 6) is 0.785. The second-order valence-electron chi connectivity index (χ2n) is 4.60. The Hall–Kier alpha value is -1.68. The lowest BCUT2D eigenvalue weighted by Gasteiger charge is -2.01. The maximum absolute atomic E-state index is 13.9. The molecule has 0 unspecified atom stereocenters. The van der Waals surface area contributed by atoms with Gasteiger partial charge >= 0.3 is 0 Å². The first-order valence-electron chi connectivity index (χ1n) is 6.34. The Morgan fingerprint density at radius 2 is 2.17 bits per heavy atom. The lowest BCUT2D eigenvalue weighted by molar-refractivity contribution is 0.630. The van der Waals surface area contributed by atoms with Crippen LogP contribution in [-0.4, -0.2) is 16.1 Å². The van der Waals surface area contributed by atoms with Crippen LogP contribution in [0.15, 0.2) is 24.3 Å². The Morgan fingerprint density at radius 3 is 2.94 bits per heavy atom. The third-order valence-corrected chi connectivity index (χ3v) is 3.44. The number of aromatic nitrogens is 2. The van der Waals surface area contributed by atoms with Crippen molar-refractivity contribution in [3.63, 3.8) is 0 Å². The third kappa shape index (κ3) is 1.73. The van der Waals surface area contributed by atoms with Crippen LogP contribution < -0.4 is 5.73 Å². The number of hydrogen-bond acceptors (Lipinski definition) is 2. The molecule has 0 saturated carbocycles. The number of rotatable bonds is 3. The summed E-state index contributed by atoms with van der Waals surface area (Å²) in [5, 5.41) is 0. The Labute approximate surface area is 105 Å². The predicted molar refractivity (Wildman–Crippen MR) is 68.7 cm³/mol. The van der Waals surface area contributed by atoms with E-state index < -0.39 is 0 Å². The summed E-state index contributed by atoms with van der Waals surface area (Å²) in [6, 6.07) is 6.83. The number of halogens is 1. The molecule has 3 rings (SSSR count). The van der Waals surface area contributed by atoms with Crippen molar-refractivity contribution in [2.75, 3.05) is 6.54 Å². The average molecular weight is 245 g/mol. The van der Waals surface area contributed by atoms with Crippen LogP contribution in [0.3, 0.4) is 0 Å². The van der Waals surface area contributed by atoms with Gasteiger partial charge in [0.1, 0.15) is 11.6 Å². The lowest BCUT2D eigenvalue weighted by atomic mass is 10.1. The van der Waals surface area contributed by atoms with Gasteiger partial charge < -0.3 is 10.3 Å². The highest BCUT2D eigenvalue weighted by Crippen LogP contribution is 2.30. The molecular formula is C14H16FN3. The molecule has 3 nitrogen and oxygen atoms in total. The maximum Gasteiger partial charge on any atom is 0.132 e. The molecule has 0 radical (unpaired) electrons. The smallest absolute Gasteiger partial charge is 0.132 e. The lowest BCUT2D eigenvalue weighted by Crippen LogP contribution is -2.08. The molecule has 1 aromatic heterocycles. The van der Waals surface area contributed by atoms with Gasteiger partial charge in [0.05, 0.1) is 5.69 Å². The number of nitrogens with zero attached hydrogens (tertiary/aromatic N) is 2. The molecule has 0 spiro atoms. The molecule has 0 fully saturated rings. The van der Waals surface area contributed by atoms with E-state index in [1.807, 2.05) is 6.07 Å². The fourth-order valence-corrected chi connectivity index (χ4v) is 2.65. The monoisotopic (exact) mass is 245 g/mol. The molecule has 0 amide bonds. The zero-order valence-electron chi connectivity index (χ0n) is 10.2. The van der Waals surface area contributed by atoms with Crippen LogP contribution in [0, 0.1) is 5.82 Å². The molecule has 18 heavy (non-hydrogen) atoms. The minimum atomic E-state index is -0.204. The van der Waals surface area contributed by atoms with E-state index >= 15 is 0 Å². The van der Waals surface area contributed by atoms with Crippen molar-refractivity contribution in [2.45, 2.75) is 25.8 Å². The molecule has 1 aliphatic heterocycles. The number of benzene rings is 1. The van der Waals surface area contributed by atoms with Gasteiger partial charge in [0.25, 0.3) is 0 Å². The summed E-state index contributed by atoms with van der Waals surface area (Å²) in [6.45, 7) is 1.55. The van der Waals surface area contributed by atoms with E-state index in [0.29, 0.717) is 12.1 Å². The van der Waals surface area contributed by atoms with Crippen molar-refractivity contribution in [1.29, 1.82) is 0 Å². The fourth-order valence-electron chi connectivity index (χ4n) is 2.65. The van der Waals surface area contributed by atoms with Crippen molar-refractivity contribution in [3.8, 4) is 11.3 Å². The Balaban J connectivity index is 2.13. The van der Waals surface area contributed by atoms with Crippen LogP contribution in [0.5, 0.6) is 0 Å². The van der Waals surface area contributed by atoms with Gasteiger partial charge in [0, 0.05) is 24.2 Å². The van der Waals surface area contributed by atoms with Gasteiger partial charge in [-0.3, -0.25) is 0 Å². The van der Waals surface area contributed by atoms with Gasteiger partial charge in [-0.15, -0.1) is 0 Å². The summed E-state index contributed by atoms with van der Waals surface area (Å²) < 4.78 is 16.1. The van der Waals surface area contributed by atoms with Gasteiger partial charge in [-0.2, -0.15) is 0 Å². The van der Waals surface area contributed by atoms with Crippen molar-refractivity contribution >= 4 is 0 Å². The molecule has 2 N–H and O–H groups in total. The molecule has 1 aromatic carbocycles. The first kappa shape index (κ1) is 11.4. The van der Waals surface area contributed by atoms with Gasteiger partial charge in [-0.1, -0.05) is 12.1 Å². The van der Waals surface area contributed by atoms with E-state index in [-0.39, 0.29) is 5.82 Å². The van der Waals surface area contributed by atoms with Crippen LogP contribution in [0.2, 0.25) is 0 Å². The van der Waals surface area contributed by atoms with Gasteiger partial charge in [-0.05, 0) is 31.5 Å². The second kappa shape index (κ2) is 4.53. The number of imidazole rings is 1. The molecule has 2 heterocycles. The van der Waals surface area contributed by atoms with Crippen LogP contribution in [0.1, 0.15) is 17.9 Å². The highest BCUT2D eigenvalue weighted by Gasteiger charge is 2.23. The van der Waals surface area contributed by atoms with Gasteiger partial charge in [-0.25, -0.2) is 9.37 Å². The number of nitrogens with two attached hydrogens (primary N) is 1. The summed E-state index contributed by atoms with van der Waals surface area (Å²) >= 11 is 0. The van der Waals surface area contributed by atoms with Crippen molar-refractivity contribution in [3.05, 3.63) is 41.6 Å². The molecule has 1 aliphatic rings. The van der Waals surface area contributed by atoms with E-state index in [1.54, 1.807) is 12.1 Å². The third-order valence-electron chi connectivity index (χ3n) is 3.44. The van der Waals surface area contributed by atoms with E-state index in [0.717, 1.165) is 43.0 Å². The van der Waals surface area contributed by atoms with E-state index in [1.165, 1.54) is 6.07 Å². The quantitative estimate of drug-likeness (QED) is 0.900. The van der Waals surface area contributed by atoms with E-state index in [4.69, 9.17) is 5.73 Å². The normalized spacial score (nSPS) is 13.9. The maximum atomic E-state index is 13.9. The number of fused-ring (bicyclic) bond motifs is 1. The highest BCUT2D eigenvalue weighted by molar-refractivity contribution is 5.63. The minimum Gasteiger partial charge on any atom is -0.331 e. The molecule has 0 atom stereocenters. The largest absolute Gasteiger partial charge is 0.331 e. The molecule has 2 aromatic rings. The summed E-state index contributed by atoms with van der Waals surface area (Å²) in [4.78, 5) is 4.60. The van der Waals surface area contributed by atoms with Crippen LogP contribution >= 0.6 is 0 Å². The SMILES string of the molecule is NCCc1nc(-c2ccccc2F)c2n1CCC2. The first-order chi connectivity index (χ1) is 8.81. The summed E-state index contributed by atoms with van der Waals surface area (Å²) in [6.07, 6.45) is 2.83. The topological polar surface area (TPSA) is 43.8 Å². The Morgan fingerprint density at radius 1 is 1.33 bits per heavy atom. The molecular weight excluding hydrogens is 229 g/mol. The molecule has 0 aliphatic carbocycles. The predicted octanol–water partition coefficient (Wildman–Crippen LogP) is 2.14. The van der Waals surface area contributed by atoms with Crippen LogP contribution in [0.4, 0.5) is 4.39 Å². The van der Waals surface area contributed by atoms with Crippen molar-refractivity contribution in [1.82, 2.24) is 9.55 Å². The molecule has 0 bridgehead atoms. The zero-order valence-corrected chi connectivity index (χ0v) is 10.2. The Kier molecular flexibility index (Phi) is 2.88. The minimum absolute atomic E-state index is 0.204. The molecule has 94 valence electrons. The zero-order chi connectivity index (χ0) is 12.5. The molecule has 4 heteroatoms. The first-order valence-corrected chi connectivity index (χ1v) is 6.34. The fraction of sp³-hybridized carbons (Fsp3) is 0.357. The van der Waals surface area contributed by atoms with Crippen LogP contribution in [0.25, 0.3) is 11.3 Å². The highest BCUT2D eigenvalue weighted by atomic mass is 19.1. The Bertz CT molecular complexity index is 574. The van der Waals surface area contributed by atoms with E-state index in [9.17, 15) is 4.39 Å². The standard InChI is InChI=1S/C14H16FN3/c15-11-5-2-1-4-10(11)14-12-6-3-9-18(12)13(17-14)7-8-16/h1-2,4-5H,3,6-9,16H2. The van der Waals surface area contributed by atoms with E-state index in [2.05, 4.69) is 9.55 Å². The van der Waals surface area contributed by atoms with Gasteiger partial charge in [0.15, 0.2) is 0 Å². The van der Waals surface area contributed by atoms with Crippen molar-refractivity contribution < 1.29 is 4.39 Å². The second-order valence-corrected chi connectivity index (χ2v) is 4.60. The average Bonchev–Trinajstić information content (AvgIpc) is 2.94. The summed E-state index contributed by atoms with van der Waals surface area (Å²) in [5.41, 5.74) is 8.16.